The van der Waals surface area contributed by atoms with Gasteiger partial charge in [0.1, 0.15) is 17.0 Å². The van der Waals surface area contributed by atoms with Gasteiger partial charge in [-0.3, -0.25) is 0 Å². The van der Waals surface area contributed by atoms with Gasteiger partial charge in [-0.15, -0.1) is 0 Å². The number of hydrogen-bond donors (Lipinski definition) is 3. The maximum atomic E-state index is 13.9. The highest BCUT2D eigenvalue weighted by Crippen LogP contribution is 2.39. The van der Waals surface area contributed by atoms with E-state index in [1.807, 2.05) is 31.3 Å². The Morgan fingerprint density at radius 1 is 0.816 bits per heavy atom. The molecule has 0 aliphatic rings. The third-order valence-corrected chi connectivity index (χ3v) is 5.60. The number of hydrogen-bond acceptors (Lipinski definition) is 5. The van der Waals surface area contributed by atoms with Crippen molar-refractivity contribution in [2.45, 2.75) is 6.18 Å². The van der Waals surface area contributed by atoms with E-state index in [2.05, 4.69) is 20.9 Å². The molecule has 4 aromatic carbocycles. The van der Waals surface area contributed by atoms with Crippen molar-refractivity contribution in [1.82, 2.24) is 4.98 Å². The number of ether oxygens (including phenoxy) is 1. The van der Waals surface area contributed by atoms with Crippen LogP contribution in [-0.4, -0.2) is 18.1 Å². The Labute approximate surface area is 215 Å². The summed E-state index contributed by atoms with van der Waals surface area (Å²) in [6, 6.07) is 23.4. The fourth-order valence-electron chi connectivity index (χ4n) is 3.76. The average Bonchev–Trinajstić information content (AvgIpc) is 3.34. The molecule has 0 spiro atoms. The number of amides is 2. The van der Waals surface area contributed by atoms with Crippen molar-refractivity contribution in [3.8, 4) is 23.0 Å². The van der Waals surface area contributed by atoms with E-state index in [9.17, 15) is 18.0 Å². The van der Waals surface area contributed by atoms with Crippen molar-refractivity contribution in [2.24, 2.45) is 0 Å². The highest BCUT2D eigenvalue weighted by atomic mass is 19.4. The van der Waals surface area contributed by atoms with E-state index in [1.54, 1.807) is 48.5 Å². The van der Waals surface area contributed by atoms with Crippen LogP contribution >= 0.6 is 0 Å². The van der Waals surface area contributed by atoms with Crippen LogP contribution in [-0.2, 0) is 6.18 Å². The summed E-state index contributed by atoms with van der Waals surface area (Å²) in [6.45, 7) is 0. The van der Waals surface area contributed by atoms with Crippen LogP contribution in [0.3, 0.4) is 0 Å². The zero-order valence-corrected chi connectivity index (χ0v) is 20.0. The van der Waals surface area contributed by atoms with E-state index < -0.39 is 17.8 Å². The van der Waals surface area contributed by atoms with Crippen LogP contribution in [0.5, 0.6) is 11.5 Å². The number of oxazole rings is 1. The van der Waals surface area contributed by atoms with Crippen molar-refractivity contribution in [3.05, 3.63) is 96.6 Å². The summed E-state index contributed by atoms with van der Waals surface area (Å²) in [7, 11) is 1.82. The van der Waals surface area contributed by atoms with Crippen LogP contribution in [0.4, 0.5) is 35.0 Å². The van der Waals surface area contributed by atoms with E-state index in [1.165, 1.54) is 12.1 Å². The third-order valence-electron chi connectivity index (χ3n) is 5.60. The number of para-hydroxylation sites is 2. The smallest absolute Gasteiger partial charge is 0.417 e. The predicted octanol–water partition coefficient (Wildman–Crippen LogP) is 7.99. The normalized spacial score (nSPS) is 11.3. The first-order valence-corrected chi connectivity index (χ1v) is 11.5. The number of aromatic nitrogens is 1. The van der Waals surface area contributed by atoms with E-state index in [0.29, 0.717) is 28.3 Å². The lowest BCUT2D eigenvalue weighted by atomic mass is 10.1. The summed E-state index contributed by atoms with van der Waals surface area (Å²) in [6.07, 6.45) is -4.70. The van der Waals surface area contributed by atoms with E-state index >= 15 is 0 Å². The Kier molecular flexibility index (Phi) is 6.61. The molecule has 1 heterocycles. The van der Waals surface area contributed by atoms with Crippen molar-refractivity contribution in [1.29, 1.82) is 0 Å². The van der Waals surface area contributed by atoms with Crippen molar-refractivity contribution in [3.63, 3.8) is 0 Å². The number of nitrogens with zero attached hydrogens (tertiary/aromatic N) is 1. The maximum Gasteiger partial charge on any atom is 0.417 e. The second kappa shape index (κ2) is 10.2. The molecule has 2 amide bonds. The average molecular weight is 518 g/mol. The van der Waals surface area contributed by atoms with Gasteiger partial charge in [-0.25, -0.2) is 9.78 Å². The third kappa shape index (κ3) is 5.54. The Balaban J connectivity index is 1.28. The number of carbonyl (C=O) groups excluding carboxylic acids is 1. The van der Waals surface area contributed by atoms with Gasteiger partial charge < -0.3 is 25.1 Å². The molecule has 0 radical (unpaired) electrons. The first-order chi connectivity index (χ1) is 18.3. The molecule has 0 atom stereocenters. The minimum absolute atomic E-state index is 0.0420. The summed E-state index contributed by atoms with van der Waals surface area (Å²) >= 11 is 0. The SMILES string of the molecule is CNc1ccc(Oc2ccc(NC(=O)Nc3ccc(-c4nc5ccccc5o4)c(C(F)(F)F)c3)cc2)cc1. The van der Waals surface area contributed by atoms with Crippen LogP contribution < -0.4 is 20.7 Å². The van der Waals surface area contributed by atoms with Crippen LogP contribution in [0.25, 0.3) is 22.6 Å². The Hall–Kier alpha value is -4.99. The number of fused-ring (bicyclic) bond motifs is 1. The molecule has 0 saturated carbocycles. The number of carbonyl (C=O) groups is 1. The standard InChI is InChI=1S/C28H21F3N4O3/c1-32-17-6-11-20(12-7-17)37-21-13-8-18(9-14-21)33-27(36)34-19-10-15-22(23(16-19)28(29,30)31)26-35-24-4-2-3-5-25(24)38-26/h2-16,32H,1H3,(H2,33,34,36). The minimum atomic E-state index is -4.70. The van der Waals surface area contributed by atoms with Crippen molar-refractivity contribution >= 4 is 34.2 Å². The lowest BCUT2D eigenvalue weighted by Gasteiger charge is -2.14. The molecule has 0 bridgehead atoms. The zero-order valence-electron chi connectivity index (χ0n) is 20.0. The topological polar surface area (TPSA) is 88.4 Å². The highest BCUT2D eigenvalue weighted by molar-refractivity contribution is 6.00. The molecule has 38 heavy (non-hydrogen) atoms. The molecule has 0 unspecified atom stereocenters. The van der Waals surface area contributed by atoms with Gasteiger partial charge in [0.05, 0.1) is 5.56 Å². The van der Waals surface area contributed by atoms with Gasteiger partial charge in [-0.05, 0) is 78.9 Å². The highest BCUT2D eigenvalue weighted by Gasteiger charge is 2.35. The number of rotatable bonds is 6. The van der Waals surface area contributed by atoms with E-state index in [0.717, 1.165) is 11.8 Å². The second-order valence-corrected chi connectivity index (χ2v) is 8.22. The van der Waals surface area contributed by atoms with Gasteiger partial charge in [0.2, 0.25) is 5.89 Å². The Morgan fingerprint density at radius 2 is 1.42 bits per heavy atom. The van der Waals surface area contributed by atoms with Gasteiger partial charge >= 0.3 is 12.2 Å². The number of halogens is 3. The first kappa shape index (κ1) is 24.7. The fourth-order valence-corrected chi connectivity index (χ4v) is 3.76. The lowest BCUT2D eigenvalue weighted by molar-refractivity contribution is -0.137. The minimum Gasteiger partial charge on any atom is -0.457 e. The Morgan fingerprint density at radius 3 is 2.05 bits per heavy atom. The molecule has 192 valence electrons. The predicted molar refractivity (Wildman–Crippen MR) is 140 cm³/mol. The molecule has 1 aromatic heterocycles. The zero-order chi connectivity index (χ0) is 26.7. The fraction of sp³-hybridized carbons (Fsp3) is 0.0714. The lowest BCUT2D eigenvalue weighted by Crippen LogP contribution is -2.20. The summed E-state index contributed by atoms with van der Waals surface area (Å²) < 4.78 is 52.9. The monoisotopic (exact) mass is 518 g/mol. The molecule has 0 aliphatic carbocycles. The van der Waals surface area contributed by atoms with Crippen molar-refractivity contribution < 1.29 is 27.1 Å². The van der Waals surface area contributed by atoms with Crippen molar-refractivity contribution in [2.75, 3.05) is 23.0 Å². The molecule has 5 rings (SSSR count). The summed E-state index contributed by atoms with van der Waals surface area (Å²) in [4.78, 5) is 16.6. The Bertz CT molecular complexity index is 1550. The number of nitrogens with one attached hydrogen (secondary N) is 3. The van der Waals surface area contributed by atoms with E-state index in [4.69, 9.17) is 9.15 Å². The molecule has 0 aliphatic heterocycles. The summed E-state index contributed by atoms with van der Waals surface area (Å²) in [5.74, 6) is 1.04. The molecule has 0 saturated heterocycles. The first-order valence-electron chi connectivity index (χ1n) is 11.5. The largest absolute Gasteiger partial charge is 0.457 e. The van der Waals surface area contributed by atoms with Gasteiger partial charge in [0.15, 0.2) is 5.58 Å². The van der Waals surface area contributed by atoms with Gasteiger partial charge in [0.25, 0.3) is 0 Å². The molecule has 5 aromatic rings. The quantitative estimate of drug-likeness (QED) is 0.212. The number of alkyl halides is 3. The van der Waals surface area contributed by atoms with Crippen LogP contribution in [0.2, 0.25) is 0 Å². The maximum absolute atomic E-state index is 13.9. The van der Waals surface area contributed by atoms with Gasteiger partial charge in [-0.2, -0.15) is 13.2 Å². The van der Waals surface area contributed by atoms with E-state index in [-0.39, 0.29) is 17.1 Å². The second-order valence-electron chi connectivity index (χ2n) is 8.22. The van der Waals surface area contributed by atoms with Crippen LogP contribution in [0.15, 0.2) is 95.4 Å². The molecule has 10 heteroatoms. The molecule has 7 nitrogen and oxygen atoms in total. The van der Waals surface area contributed by atoms with Crippen LogP contribution in [0.1, 0.15) is 5.56 Å². The number of benzene rings is 4. The summed E-state index contributed by atoms with van der Waals surface area (Å²) in [5, 5.41) is 8.05. The number of urea groups is 1. The molecule has 3 N–H and O–H groups in total. The molecular weight excluding hydrogens is 497 g/mol. The summed E-state index contributed by atoms with van der Waals surface area (Å²) in [5.41, 5.74) is 0.952. The van der Waals surface area contributed by atoms with Gasteiger partial charge in [-0.1, -0.05) is 12.1 Å². The van der Waals surface area contributed by atoms with Gasteiger partial charge in [0, 0.05) is 29.7 Å². The van der Waals surface area contributed by atoms with Crippen LogP contribution in [0, 0.1) is 0 Å². The number of anilines is 3. The molecular formula is C28H21F3N4O3. The molecule has 0 fully saturated rings.